The van der Waals surface area contributed by atoms with E-state index < -0.39 is 0 Å². The average molecular weight is 400 g/mol. The second-order valence-electron chi connectivity index (χ2n) is 8.80. The van der Waals surface area contributed by atoms with Gasteiger partial charge in [-0.05, 0) is 62.4 Å². The van der Waals surface area contributed by atoms with Crippen LogP contribution in [0.5, 0.6) is 0 Å². The molecule has 0 spiro atoms. The van der Waals surface area contributed by atoms with Crippen LogP contribution in [0, 0.1) is 11.8 Å². The molecule has 4 heteroatoms. The zero-order valence-corrected chi connectivity index (χ0v) is 17.3. The zero-order chi connectivity index (χ0) is 20.3. The molecule has 2 heterocycles. The summed E-state index contributed by atoms with van der Waals surface area (Å²) >= 11 is 0. The second kappa shape index (κ2) is 8.57. The topological polar surface area (TPSA) is 45.2 Å². The number of hydrogen-bond acceptors (Lipinski definition) is 3. The van der Waals surface area contributed by atoms with Gasteiger partial charge in [-0.3, -0.25) is 9.78 Å². The van der Waals surface area contributed by atoms with Crippen LogP contribution in [0.3, 0.4) is 0 Å². The fourth-order valence-electron chi connectivity index (χ4n) is 4.52. The normalized spacial score (nSPS) is 18.9. The standard InChI is InChI=1S/C26H29N3O/c30-26(22-14-16-29(17-15-22)18-19-10-11-19)28-25(21-7-2-1-3-8-21)24-13-12-20-6-4-5-9-23(20)27-24/h1-9,12-13,19,22,25H,10-11,14-18H2,(H,28,30). The van der Waals surface area contributed by atoms with Crippen LogP contribution >= 0.6 is 0 Å². The summed E-state index contributed by atoms with van der Waals surface area (Å²) in [4.78, 5) is 20.6. The minimum absolute atomic E-state index is 0.0899. The molecule has 2 fully saturated rings. The third-order valence-electron chi connectivity index (χ3n) is 6.51. The molecule has 3 aromatic rings. The van der Waals surface area contributed by atoms with Gasteiger partial charge < -0.3 is 10.2 Å². The highest BCUT2D eigenvalue weighted by Crippen LogP contribution is 2.31. The van der Waals surface area contributed by atoms with Crippen molar-refractivity contribution in [2.24, 2.45) is 11.8 Å². The van der Waals surface area contributed by atoms with Gasteiger partial charge in [-0.2, -0.15) is 0 Å². The lowest BCUT2D eigenvalue weighted by Crippen LogP contribution is -2.42. The summed E-state index contributed by atoms with van der Waals surface area (Å²) in [6.45, 7) is 3.31. The van der Waals surface area contributed by atoms with Crippen molar-refractivity contribution >= 4 is 16.8 Å². The average Bonchev–Trinajstić information content (AvgIpc) is 3.62. The Hall–Kier alpha value is -2.72. The lowest BCUT2D eigenvalue weighted by Gasteiger charge is -2.32. The molecule has 0 radical (unpaired) electrons. The lowest BCUT2D eigenvalue weighted by atomic mass is 9.94. The molecule has 1 saturated heterocycles. The van der Waals surface area contributed by atoms with Crippen LogP contribution in [0.25, 0.3) is 10.9 Å². The lowest BCUT2D eigenvalue weighted by molar-refractivity contribution is -0.127. The number of benzene rings is 2. The second-order valence-corrected chi connectivity index (χ2v) is 8.80. The number of nitrogens with zero attached hydrogens (tertiary/aromatic N) is 2. The van der Waals surface area contributed by atoms with Crippen molar-refractivity contribution < 1.29 is 4.79 Å². The highest BCUT2D eigenvalue weighted by atomic mass is 16.2. The first-order valence-corrected chi connectivity index (χ1v) is 11.2. The molecule has 30 heavy (non-hydrogen) atoms. The van der Waals surface area contributed by atoms with Crippen LogP contribution in [0.1, 0.15) is 43.0 Å². The van der Waals surface area contributed by atoms with E-state index in [9.17, 15) is 4.79 Å². The maximum absolute atomic E-state index is 13.2. The van der Waals surface area contributed by atoms with Crippen LogP contribution in [0.15, 0.2) is 66.7 Å². The highest BCUT2D eigenvalue weighted by Gasteiger charge is 2.30. The van der Waals surface area contributed by atoms with E-state index in [1.807, 2.05) is 42.5 Å². The third kappa shape index (κ3) is 4.39. The molecule has 5 rings (SSSR count). The Morgan fingerprint density at radius 2 is 1.67 bits per heavy atom. The third-order valence-corrected chi connectivity index (χ3v) is 6.51. The molecule has 1 aromatic heterocycles. The van der Waals surface area contributed by atoms with Crippen LogP contribution in [0.2, 0.25) is 0 Å². The summed E-state index contributed by atoms with van der Waals surface area (Å²) in [5, 5.41) is 4.45. The van der Waals surface area contributed by atoms with Gasteiger partial charge in [-0.25, -0.2) is 0 Å². The monoisotopic (exact) mass is 399 g/mol. The Bertz CT molecular complexity index is 1010. The summed E-state index contributed by atoms with van der Waals surface area (Å²) in [6.07, 6.45) is 4.67. The summed E-state index contributed by atoms with van der Waals surface area (Å²) in [6, 6.07) is 22.2. The fraction of sp³-hybridized carbons (Fsp3) is 0.385. The summed E-state index contributed by atoms with van der Waals surface area (Å²) in [7, 11) is 0. The first kappa shape index (κ1) is 19.3. The van der Waals surface area contributed by atoms with Gasteiger partial charge in [0.1, 0.15) is 0 Å². The zero-order valence-electron chi connectivity index (χ0n) is 17.3. The predicted octanol–water partition coefficient (Wildman–Crippen LogP) is 4.56. The van der Waals surface area contributed by atoms with E-state index in [0.717, 1.165) is 54.0 Å². The molecule has 1 N–H and O–H groups in total. The van der Waals surface area contributed by atoms with E-state index in [-0.39, 0.29) is 17.9 Å². The number of para-hydroxylation sites is 1. The van der Waals surface area contributed by atoms with E-state index in [1.54, 1.807) is 0 Å². The Morgan fingerprint density at radius 3 is 2.43 bits per heavy atom. The Morgan fingerprint density at radius 1 is 0.933 bits per heavy atom. The summed E-state index contributed by atoms with van der Waals surface area (Å²) < 4.78 is 0. The number of amides is 1. The number of fused-ring (bicyclic) bond motifs is 1. The minimum atomic E-state index is -0.229. The maximum Gasteiger partial charge on any atom is 0.224 e. The van der Waals surface area contributed by atoms with Gasteiger partial charge in [-0.1, -0.05) is 54.6 Å². The van der Waals surface area contributed by atoms with E-state index in [1.165, 1.54) is 19.4 Å². The largest absolute Gasteiger partial charge is 0.343 e. The van der Waals surface area contributed by atoms with E-state index in [2.05, 4.69) is 34.5 Å². The fourth-order valence-corrected chi connectivity index (χ4v) is 4.52. The number of carbonyl (C=O) groups is 1. The molecule has 4 nitrogen and oxygen atoms in total. The molecule has 1 unspecified atom stereocenters. The molecule has 0 bridgehead atoms. The summed E-state index contributed by atoms with van der Waals surface area (Å²) in [5.74, 6) is 1.16. The summed E-state index contributed by atoms with van der Waals surface area (Å²) in [5.41, 5.74) is 2.91. The smallest absolute Gasteiger partial charge is 0.224 e. The van der Waals surface area contributed by atoms with Crippen LogP contribution in [-0.4, -0.2) is 35.4 Å². The van der Waals surface area contributed by atoms with E-state index >= 15 is 0 Å². The van der Waals surface area contributed by atoms with E-state index in [4.69, 9.17) is 4.98 Å². The molecule has 1 aliphatic carbocycles. The number of nitrogens with one attached hydrogen (secondary N) is 1. The van der Waals surface area contributed by atoms with Crippen molar-refractivity contribution in [2.45, 2.75) is 31.7 Å². The van der Waals surface area contributed by atoms with Crippen molar-refractivity contribution in [1.29, 1.82) is 0 Å². The number of carbonyl (C=O) groups excluding carboxylic acids is 1. The van der Waals surface area contributed by atoms with Crippen molar-refractivity contribution in [2.75, 3.05) is 19.6 Å². The van der Waals surface area contributed by atoms with Gasteiger partial charge in [0.2, 0.25) is 5.91 Å². The number of likely N-dealkylation sites (tertiary alicyclic amines) is 1. The van der Waals surface area contributed by atoms with Crippen LogP contribution in [0.4, 0.5) is 0 Å². The van der Waals surface area contributed by atoms with Gasteiger partial charge in [0.15, 0.2) is 0 Å². The van der Waals surface area contributed by atoms with Crippen molar-refractivity contribution in [3.05, 3.63) is 78.0 Å². The number of hydrogen-bond donors (Lipinski definition) is 1. The highest BCUT2D eigenvalue weighted by molar-refractivity contribution is 5.81. The first-order chi connectivity index (χ1) is 14.8. The quantitative estimate of drug-likeness (QED) is 0.661. The molecule has 1 saturated carbocycles. The predicted molar refractivity (Wildman–Crippen MR) is 120 cm³/mol. The molecular weight excluding hydrogens is 370 g/mol. The van der Waals surface area contributed by atoms with Gasteiger partial charge >= 0.3 is 0 Å². The van der Waals surface area contributed by atoms with Gasteiger partial charge in [0, 0.05) is 17.8 Å². The van der Waals surface area contributed by atoms with Crippen molar-refractivity contribution in [3.8, 4) is 0 Å². The van der Waals surface area contributed by atoms with Crippen LogP contribution in [-0.2, 0) is 4.79 Å². The van der Waals surface area contributed by atoms with Gasteiger partial charge in [0.25, 0.3) is 0 Å². The Balaban J connectivity index is 1.33. The number of pyridine rings is 1. The molecular formula is C26H29N3O. The van der Waals surface area contributed by atoms with Gasteiger partial charge in [-0.15, -0.1) is 0 Å². The SMILES string of the molecule is O=C(NC(c1ccccc1)c1ccc2ccccc2n1)C1CCN(CC2CC2)CC1. The number of rotatable bonds is 6. The Kier molecular flexibility index (Phi) is 5.50. The Labute approximate surface area is 178 Å². The maximum atomic E-state index is 13.2. The number of aromatic nitrogens is 1. The molecule has 2 aromatic carbocycles. The molecule has 1 atom stereocenters. The number of piperidine rings is 1. The van der Waals surface area contributed by atoms with Crippen molar-refractivity contribution in [1.82, 2.24) is 15.2 Å². The first-order valence-electron chi connectivity index (χ1n) is 11.2. The molecule has 1 aliphatic heterocycles. The van der Waals surface area contributed by atoms with Gasteiger partial charge in [0.05, 0.1) is 17.3 Å². The molecule has 154 valence electrons. The molecule has 2 aliphatic rings. The van der Waals surface area contributed by atoms with Crippen LogP contribution < -0.4 is 5.32 Å². The van der Waals surface area contributed by atoms with E-state index in [0.29, 0.717) is 0 Å². The van der Waals surface area contributed by atoms with Crippen molar-refractivity contribution in [3.63, 3.8) is 0 Å². The molecule has 1 amide bonds. The minimum Gasteiger partial charge on any atom is -0.343 e.